The maximum absolute atomic E-state index is 13.1. The van der Waals surface area contributed by atoms with Crippen molar-refractivity contribution in [2.45, 2.75) is 38.5 Å². The van der Waals surface area contributed by atoms with Crippen molar-refractivity contribution in [3.8, 4) is 5.69 Å². The molecule has 1 saturated carbocycles. The molecule has 1 aliphatic heterocycles. The van der Waals surface area contributed by atoms with Gasteiger partial charge in [-0.1, -0.05) is 17.7 Å². The number of amides is 1. The molecule has 5 nitrogen and oxygen atoms in total. The first-order valence-corrected chi connectivity index (χ1v) is 9.80. The summed E-state index contributed by atoms with van der Waals surface area (Å²) in [5.74, 6) is 1.06. The van der Waals surface area contributed by atoms with Gasteiger partial charge in [0.2, 0.25) is 0 Å². The van der Waals surface area contributed by atoms with Crippen LogP contribution in [0, 0.1) is 12.8 Å². The van der Waals surface area contributed by atoms with Gasteiger partial charge in [0, 0.05) is 24.0 Å². The minimum absolute atomic E-state index is 0.104. The summed E-state index contributed by atoms with van der Waals surface area (Å²) in [4.78, 5) is 15.1. The van der Waals surface area contributed by atoms with Crippen LogP contribution in [0.1, 0.15) is 53.2 Å². The smallest absolute Gasteiger partial charge is 0.257 e. The van der Waals surface area contributed by atoms with Gasteiger partial charge in [0.25, 0.3) is 5.91 Å². The number of benzene rings is 1. The summed E-state index contributed by atoms with van der Waals surface area (Å²) >= 11 is 6.30. The topological polar surface area (TPSA) is 64.2 Å². The summed E-state index contributed by atoms with van der Waals surface area (Å²) in [6.07, 6.45) is 5.94. The van der Waals surface area contributed by atoms with Crippen LogP contribution in [0.25, 0.3) is 5.69 Å². The minimum Gasteiger partial charge on any atom is -0.339 e. The Kier molecular flexibility index (Phi) is 4.76. The molecule has 1 amide bonds. The van der Waals surface area contributed by atoms with Gasteiger partial charge in [-0.2, -0.15) is 5.10 Å². The van der Waals surface area contributed by atoms with Gasteiger partial charge in [0.05, 0.1) is 23.1 Å². The molecule has 2 heterocycles. The number of carbonyl (C=O) groups excluding carboxylic acids is 1. The fraction of sp³-hybridized carbons (Fsp3) is 0.500. The molecular weight excluding hydrogens is 348 g/mol. The number of nitrogens with zero attached hydrogens (tertiary/aromatic N) is 3. The third-order valence-corrected chi connectivity index (χ3v) is 6.04. The minimum atomic E-state index is 0.104. The molecular formula is C20H25ClN4O. The number of likely N-dealkylation sites (tertiary alicyclic amines) is 1. The van der Waals surface area contributed by atoms with Crippen molar-refractivity contribution in [3.63, 3.8) is 0 Å². The number of carbonyl (C=O) groups is 1. The second-order valence-electron chi connectivity index (χ2n) is 7.53. The quantitative estimate of drug-likeness (QED) is 0.892. The van der Waals surface area contributed by atoms with E-state index in [0.717, 1.165) is 66.3 Å². The Morgan fingerprint density at radius 1 is 1.27 bits per heavy atom. The Morgan fingerprint density at radius 2 is 2.00 bits per heavy atom. The lowest BCUT2D eigenvalue weighted by molar-refractivity contribution is 0.0692. The van der Waals surface area contributed by atoms with Crippen LogP contribution < -0.4 is 5.73 Å². The lowest BCUT2D eigenvalue weighted by atomic mass is 9.96. The fourth-order valence-electron chi connectivity index (χ4n) is 3.73. The molecule has 0 radical (unpaired) electrons. The highest BCUT2D eigenvalue weighted by Crippen LogP contribution is 2.43. The average molecular weight is 373 g/mol. The molecule has 2 N–H and O–H groups in total. The van der Waals surface area contributed by atoms with E-state index in [2.05, 4.69) is 5.10 Å². The SMILES string of the molecule is Cc1ccc(-n2ncc(C(=O)N3CCC(CN)CC3)c2C2CC2)cc1Cl. The van der Waals surface area contributed by atoms with Crippen molar-refractivity contribution in [1.82, 2.24) is 14.7 Å². The molecule has 0 atom stereocenters. The summed E-state index contributed by atoms with van der Waals surface area (Å²) < 4.78 is 1.91. The number of rotatable bonds is 4. The van der Waals surface area contributed by atoms with Crippen LogP contribution in [0.3, 0.4) is 0 Å². The van der Waals surface area contributed by atoms with E-state index in [1.54, 1.807) is 6.20 Å². The lowest BCUT2D eigenvalue weighted by Crippen LogP contribution is -2.40. The van der Waals surface area contributed by atoms with Crippen molar-refractivity contribution in [3.05, 3.63) is 46.2 Å². The fourth-order valence-corrected chi connectivity index (χ4v) is 3.91. The standard InChI is InChI=1S/C20H25ClN4O/c1-13-2-5-16(10-18(13)21)25-19(15-3-4-15)17(12-23-25)20(26)24-8-6-14(11-22)7-9-24/h2,5,10,12,14-15H,3-4,6-9,11,22H2,1H3. The Bertz CT molecular complexity index is 819. The molecule has 2 aromatic rings. The van der Waals surface area contributed by atoms with Crippen molar-refractivity contribution >= 4 is 17.5 Å². The van der Waals surface area contributed by atoms with Crippen LogP contribution in [-0.4, -0.2) is 40.2 Å². The summed E-state index contributed by atoms with van der Waals surface area (Å²) in [6, 6.07) is 5.94. The predicted molar refractivity (Wildman–Crippen MR) is 103 cm³/mol. The van der Waals surface area contributed by atoms with E-state index in [9.17, 15) is 4.79 Å². The van der Waals surface area contributed by atoms with Crippen LogP contribution in [0.15, 0.2) is 24.4 Å². The van der Waals surface area contributed by atoms with Gasteiger partial charge in [-0.25, -0.2) is 4.68 Å². The number of aromatic nitrogens is 2. The first kappa shape index (κ1) is 17.6. The molecule has 1 aromatic carbocycles. The molecule has 2 aliphatic rings. The zero-order chi connectivity index (χ0) is 18.3. The van der Waals surface area contributed by atoms with Crippen LogP contribution in [0.4, 0.5) is 0 Å². The van der Waals surface area contributed by atoms with Crippen LogP contribution in [0.2, 0.25) is 5.02 Å². The number of hydrogen-bond acceptors (Lipinski definition) is 3. The normalized spacial score (nSPS) is 18.3. The second kappa shape index (κ2) is 7.05. The van der Waals surface area contributed by atoms with Gasteiger partial charge in [0.15, 0.2) is 0 Å². The zero-order valence-electron chi connectivity index (χ0n) is 15.1. The van der Waals surface area contributed by atoms with Gasteiger partial charge >= 0.3 is 0 Å². The first-order chi connectivity index (χ1) is 12.6. The van der Waals surface area contributed by atoms with Crippen molar-refractivity contribution in [2.24, 2.45) is 11.7 Å². The Hall–Kier alpha value is -1.85. The van der Waals surface area contributed by atoms with Gasteiger partial charge in [-0.15, -0.1) is 0 Å². The maximum Gasteiger partial charge on any atom is 0.257 e. The Labute approximate surface area is 159 Å². The highest BCUT2D eigenvalue weighted by Gasteiger charge is 2.35. The summed E-state index contributed by atoms with van der Waals surface area (Å²) in [7, 11) is 0. The molecule has 1 saturated heterocycles. The van der Waals surface area contributed by atoms with E-state index < -0.39 is 0 Å². The van der Waals surface area contributed by atoms with E-state index in [4.69, 9.17) is 17.3 Å². The van der Waals surface area contributed by atoms with Crippen LogP contribution >= 0.6 is 11.6 Å². The van der Waals surface area contributed by atoms with Gasteiger partial charge in [-0.3, -0.25) is 4.79 Å². The summed E-state index contributed by atoms with van der Waals surface area (Å²) in [5, 5.41) is 5.27. The molecule has 6 heteroatoms. The van der Waals surface area contributed by atoms with Crippen LogP contribution in [-0.2, 0) is 0 Å². The molecule has 0 bridgehead atoms. The van der Waals surface area contributed by atoms with Crippen LogP contribution in [0.5, 0.6) is 0 Å². The average Bonchev–Trinajstić information content (AvgIpc) is 3.41. The van der Waals surface area contributed by atoms with Crippen molar-refractivity contribution in [2.75, 3.05) is 19.6 Å². The van der Waals surface area contributed by atoms with E-state index in [0.29, 0.717) is 18.4 Å². The molecule has 0 spiro atoms. The van der Waals surface area contributed by atoms with E-state index >= 15 is 0 Å². The second-order valence-corrected chi connectivity index (χ2v) is 7.94. The largest absolute Gasteiger partial charge is 0.339 e. The lowest BCUT2D eigenvalue weighted by Gasteiger charge is -2.31. The molecule has 26 heavy (non-hydrogen) atoms. The van der Waals surface area contributed by atoms with Crippen molar-refractivity contribution < 1.29 is 4.79 Å². The number of aryl methyl sites for hydroxylation is 1. The van der Waals surface area contributed by atoms with E-state index in [-0.39, 0.29) is 5.91 Å². The molecule has 0 unspecified atom stereocenters. The molecule has 2 fully saturated rings. The molecule has 1 aromatic heterocycles. The summed E-state index contributed by atoms with van der Waals surface area (Å²) in [5.41, 5.74) is 9.51. The Balaban J connectivity index is 1.64. The van der Waals surface area contributed by atoms with Gasteiger partial charge in [-0.05, 0) is 62.8 Å². The number of halogens is 1. The molecule has 1 aliphatic carbocycles. The van der Waals surface area contributed by atoms with Crippen molar-refractivity contribution in [1.29, 1.82) is 0 Å². The third kappa shape index (κ3) is 3.26. The van der Waals surface area contributed by atoms with Gasteiger partial charge < -0.3 is 10.6 Å². The van der Waals surface area contributed by atoms with E-state index in [1.807, 2.05) is 34.7 Å². The maximum atomic E-state index is 13.1. The molecule has 138 valence electrons. The number of nitrogens with two attached hydrogens (primary N) is 1. The number of hydrogen-bond donors (Lipinski definition) is 1. The first-order valence-electron chi connectivity index (χ1n) is 9.42. The van der Waals surface area contributed by atoms with Gasteiger partial charge in [0.1, 0.15) is 0 Å². The highest BCUT2D eigenvalue weighted by molar-refractivity contribution is 6.31. The predicted octanol–water partition coefficient (Wildman–Crippen LogP) is 3.52. The zero-order valence-corrected chi connectivity index (χ0v) is 15.9. The number of piperidine rings is 1. The monoisotopic (exact) mass is 372 g/mol. The Morgan fingerprint density at radius 3 is 2.62 bits per heavy atom. The highest BCUT2D eigenvalue weighted by atomic mass is 35.5. The summed E-state index contributed by atoms with van der Waals surface area (Å²) in [6.45, 7) is 4.26. The third-order valence-electron chi connectivity index (χ3n) is 5.64. The van der Waals surface area contributed by atoms with E-state index in [1.165, 1.54) is 0 Å². The molecule has 4 rings (SSSR count).